The van der Waals surface area contributed by atoms with Crippen LogP contribution < -0.4 is 16.2 Å². The number of carbonyl (C=O) groups is 1. The number of ketones is 1. The zero-order chi connectivity index (χ0) is 19.5. The van der Waals surface area contributed by atoms with E-state index in [1.165, 1.54) is 11.6 Å². The van der Waals surface area contributed by atoms with Gasteiger partial charge in [0.05, 0.1) is 12.6 Å². The van der Waals surface area contributed by atoms with Crippen LogP contribution in [0.5, 0.6) is 0 Å². The highest BCUT2D eigenvalue weighted by atomic mass is 16.2. The molecule has 0 atom stereocenters. The fourth-order valence-electron chi connectivity index (χ4n) is 4.10. The molecule has 1 N–H and O–H groups in total. The molecule has 0 bridgehead atoms. The molecule has 0 spiro atoms. The molecule has 0 saturated carbocycles. The molecule has 6 nitrogen and oxygen atoms in total. The molecule has 1 aliphatic carbocycles. The first kappa shape index (κ1) is 17.4. The van der Waals surface area contributed by atoms with E-state index in [0.29, 0.717) is 35.0 Å². The first-order chi connectivity index (χ1) is 12.7. The number of carbonyl (C=O) groups excluding carboxylic acids is 1. The minimum atomic E-state index is -0.399. The van der Waals surface area contributed by atoms with Gasteiger partial charge in [-0.3, -0.25) is 9.59 Å². The van der Waals surface area contributed by atoms with Gasteiger partial charge in [-0.1, -0.05) is 44.2 Å². The second-order valence-corrected chi connectivity index (χ2v) is 8.09. The highest BCUT2D eigenvalue weighted by Crippen LogP contribution is 2.39. The summed E-state index contributed by atoms with van der Waals surface area (Å²) in [4.78, 5) is 41.8. The van der Waals surface area contributed by atoms with E-state index in [4.69, 9.17) is 0 Å². The number of nitrogens with one attached hydrogen (secondary N) is 1. The lowest BCUT2D eigenvalue weighted by molar-refractivity contribution is -0.365. The summed E-state index contributed by atoms with van der Waals surface area (Å²) in [5.41, 5.74) is 2.25. The van der Waals surface area contributed by atoms with Crippen LogP contribution in [0.4, 0.5) is 0 Å². The number of aromatic nitrogens is 3. The second kappa shape index (κ2) is 5.74. The molecule has 1 aromatic carbocycles. The number of fused-ring (bicyclic) bond motifs is 2. The molecular weight excluding hydrogens is 342 g/mol. The minimum absolute atomic E-state index is 0.0224. The Balaban J connectivity index is 2.28. The van der Waals surface area contributed by atoms with Crippen molar-refractivity contribution in [3.63, 3.8) is 0 Å². The Bertz CT molecular complexity index is 1220. The van der Waals surface area contributed by atoms with E-state index < -0.39 is 11.2 Å². The zero-order valence-corrected chi connectivity index (χ0v) is 15.9. The molecule has 0 radical (unpaired) electrons. The number of hydrogen-bond donors (Lipinski definition) is 0. The Morgan fingerprint density at radius 1 is 0.926 bits per heavy atom. The van der Waals surface area contributed by atoms with Crippen molar-refractivity contribution in [3.8, 4) is 11.1 Å². The Hall–Kier alpha value is -3.02. The Morgan fingerprint density at radius 2 is 1.59 bits per heavy atom. The standard InChI is InChI=1S/C21H21N3O3/c1-21(2)10-13-16(14(25)11-21)15(12-8-6-5-7-9-12)17-18(22-13)23(3)20(27)24(4)19(17)26/h5-9H,10-11H2,1-4H3/p+1. The maximum absolute atomic E-state index is 13.1. The van der Waals surface area contributed by atoms with Gasteiger partial charge in [-0.2, -0.15) is 4.57 Å². The summed E-state index contributed by atoms with van der Waals surface area (Å²) in [6.07, 6.45) is 1.10. The Morgan fingerprint density at radius 3 is 2.26 bits per heavy atom. The van der Waals surface area contributed by atoms with E-state index in [0.717, 1.165) is 15.8 Å². The van der Waals surface area contributed by atoms with Crippen molar-refractivity contribution in [2.45, 2.75) is 26.7 Å². The van der Waals surface area contributed by atoms with Gasteiger partial charge in [0.2, 0.25) is 0 Å². The van der Waals surface area contributed by atoms with Crippen LogP contribution in [-0.4, -0.2) is 14.9 Å². The molecule has 27 heavy (non-hydrogen) atoms. The Kier molecular flexibility index (Phi) is 3.70. The smallest absolute Gasteiger partial charge is 0.294 e. The monoisotopic (exact) mass is 364 g/mol. The number of pyridine rings is 1. The van der Waals surface area contributed by atoms with Gasteiger partial charge in [0.1, 0.15) is 11.1 Å². The van der Waals surface area contributed by atoms with Gasteiger partial charge in [-0.15, -0.1) is 0 Å². The van der Waals surface area contributed by atoms with Crippen molar-refractivity contribution in [2.75, 3.05) is 0 Å². The fraction of sp³-hybridized carbons (Fsp3) is 0.333. The van der Waals surface area contributed by atoms with Crippen LogP contribution in [0, 0.1) is 5.41 Å². The minimum Gasteiger partial charge on any atom is -0.294 e. The molecule has 0 aliphatic heterocycles. The van der Waals surface area contributed by atoms with E-state index in [9.17, 15) is 14.4 Å². The maximum atomic E-state index is 13.1. The van der Waals surface area contributed by atoms with Crippen molar-refractivity contribution >= 4 is 16.8 Å². The number of aryl methyl sites for hydroxylation is 1. The van der Waals surface area contributed by atoms with Crippen LogP contribution in [0.15, 0.2) is 39.9 Å². The molecule has 2 heterocycles. The van der Waals surface area contributed by atoms with E-state index in [1.807, 2.05) is 30.3 Å². The number of benzene rings is 1. The summed E-state index contributed by atoms with van der Waals surface area (Å²) in [6, 6.07) is 9.45. The van der Waals surface area contributed by atoms with E-state index >= 15 is 0 Å². The van der Waals surface area contributed by atoms with Gasteiger partial charge in [0.25, 0.3) is 11.2 Å². The highest BCUT2D eigenvalue weighted by molar-refractivity contribution is 6.09. The van der Waals surface area contributed by atoms with Gasteiger partial charge in [-0.05, 0) is 11.0 Å². The quantitative estimate of drug-likeness (QED) is 0.662. The average molecular weight is 364 g/mol. The lowest BCUT2D eigenvalue weighted by Crippen LogP contribution is -2.42. The van der Waals surface area contributed by atoms with E-state index in [2.05, 4.69) is 18.8 Å². The van der Waals surface area contributed by atoms with Gasteiger partial charge >= 0.3 is 5.69 Å². The van der Waals surface area contributed by atoms with Gasteiger partial charge in [0, 0.05) is 25.5 Å². The van der Waals surface area contributed by atoms with Gasteiger partial charge in [0.15, 0.2) is 5.78 Å². The molecule has 0 unspecified atom stereocenters. The molecule has 4 rings (SSSR count). The number of rotatable bonds is 1. The van der Waals surface area contributed by atoms with Crippen molar-refractivity contribution in [2.24, 2.45) is 19.5 Å². The number of hydrogen-bond acceptors (Lipinski definition) is 3. The first-order valence-electron chi connectivity index (χ1n) is 8.98. The first-order valence-corrected chi connectivity index (χ1v) is 8.98. The van der Waals surface area contributed by atoms with Crippen LogP contribution in [0.3, 0.4) is 0 Å². The van der Waals surface area contributed by atoms with Crippen LogP contribution >= 0.6 is 0 Å². The molecule has 3 aromatic rings. The number of Topliss-reactive ketones (excluding diaryl/α,β-unsaturated/α-hetero) is 1. The lowest BCUT2D eigenvalue weighted by atomic mass is 9.73. The third-order valence-corrected chi connectivity index (χ3v) is 5.37. The third kappa shape index (κ3) is 2.55. The van der Waals surface area contributed by atoms with Gasteiger partial charge < -0.3 is 0 Å². The van der Waals surface area contributed by atoms with Crippen LogP contribution in [0.25, 0.3) is 22.2 Å². The molecule has 1 aliphatic rings. The Labute approximate surface area is 156 Å². The van der Waals surface area contributed by atoms with Crippen molar-refractivity contribution in [1.82, 2.24) is 9.13 Å². The summed E-state index contributed by atoms with van der Waals surface area (Å²) < 4.78 is 2.53. The van der Waals surface area contributed by atoms with Crippen molar-refractivity contribution in [1.29, 1.82) is 0 Å². The van der Waals surface area contributed by atoms with Crippen LogP contribution in [0.2, 0.25) is 0 Å². The van der Waals surface area contributed by atoms with Crippen molar-refractivity contribution in [3.05, 3.63) is 62.4 Å². The van der Waals surface area contributed by atoms with E-state index in [1.54, 1.807) is 7.05 Å². The molecule has 0 amide bonds. The van der Waals surface area contributed by atoms with E-state index in [-0.39, 0.29) is 11.2 Å². The zero-order valence-electron chi connectivity index (χ0n) is 15.9. The summed E-state index contributed by atoms with van der Waals surface area (Å²) in [7, 11) is 3.10. The molecular formula is C21H22N3O3+. The predicted molar refractivity (Wildman–Crippen MR) is 103 cm³/mol. The number of aromatic amines is 1. The fourth-order valence-corrected chi connectivity index (χ4v) is 4.10. The third-order valence-electron chi connectivity index (χ3n) is 5.37. The van der Waals surface area contributed by atoms with Gasteiger partial charge in [-0.25, -0.2) is 14.3 Å². The largest absolute Gasteiger partial charge is 0.417 e. The molecule has 2 aromatic heterocycles. The topological polar surface area (TPSA) is 75.2 Å². The summed E-state index contributed by atoms with van der Waals surface area (Å²) >= 11 is 0. The normalized spacial score (nSPS) is 15.8. The molecule has 0 saturated heterocycles. The molecule has 6 heteroatoms. The lowest BCUT2D eigenvalue weighted by Gasteiger charge is -2.29. The average Bonchev–Trinajstić information content (AvgIpc) is 2.62. The maximum Gasteiger partial charge on any atom is 0.417 e. The SMILES string of the molecule is Cn1c(=O)c2c(-c3ccccc3)c3c([nH+]c2n(C)c1=O)CC(C)(C)CC3=O. The van der Waals surface area contributed by atoms with Crippen molar-refractivity contribution < 1.29 is 9.78 Å². The molecule has 138 valence electrons. The van der Waals surface area contributed by atoms with Crippen LogP contribution in [-0.2, 0) is 20.5 Å². The second-order valence-electron chi connectivity index (χ2n) is 8.09. The summed E-state index contributed by atoms with van der Waals surface area (Å²) in [5.74, 6) is 0.0224. The van der Waals surface area contributed by atoms with Crippen LogP contribution in [0.1, 0.15) is 36.3 Å². The summed E-state index contributed by atoms with van der Waals surface area (Å²) in [6.45, 7) is 4.11. The number of H-pyrrole nitrogens is 1. The predicted octanol–water partition coefficient (Wildman–Crippen LogP) is 1.87. The molecule has 0 fully saturated rings. The number of nitrogens with zero attached hydrogens (tertiary/aromatic N) is 2. The summed E-state index contributed by atoms with van der Waals surface area (Å²) in [5, 5.41) is 0.373. The highest BCUT2D eigenvalue weighted by Gasteiger charge is 2.37.